The Kier molecular flexibility index (Phi) is 5.23. The molecule has 0 aliphatic heterocycles. The molecule has 0 fully saturated rings. The lowest BCUT2D eigenvalue weighted by Gasteiger charge is -1.94. The maximum Gasteiger partial charge on any atom is 0.0434 e. The molecule has 0 aliphatic carbocycles. The summed E-state index contributed by atoms with van der Waals surface area (Å²) in [5.41, 5.74) is 1.09. The van der Waals surface area contributed by atoms with Crippen molar-refractivity contribution in [3.05, 3.63) is 24.3 Å². The van der Waals surface area contributed by atoms with E-state index in [0.717, 1.165) is 18.4 Å². The van der Waals surface area contributed by atoms with Crippen LogP contribution in [-0.2, 0) is 0 Å². The summed E-state index contributed by atoms with van der Waals surface area (Å²) in [6, 6.07) is 0. The van der Waals surface area contributed by atoms with Crippen molar-refractivity contribution in [1.29, 1.82) is 0 Å². The minimum Gasteiger partial charge on any atom is -0.396 e. The second-order valence-corrected chi connectivity index (χ2v) is 1.99. The van der Waals surface area contributed by atoms with Crippen molar-refractivity contribution in [1.82, 2.24) is 0 Å². The van der Waals surface area contributed by atoms with Crippen molar-refractivity contribution in [3.63, 3.8) is 0 Å². The van der Waals surface area contributed by atoms with E-state index in [-0.39, 0.29) is 6.61 Å². The number of aliphatic hydroxyl groups excluding tert-OH is 1. The molecule has 1 nitrogen and oxygen atoms in total. The third-order valence-corrected chi connectivity index (χ3v) is 1.06. The van der Waals surface area contributed by atoms with Crippen LogP contribution in [0.2, 0.25) is 0 Å². The quantitative estimate of drug-likeness (QED) is 0.570. The van der Waals surface area contributed by atoms with Crippen LogP contribution in [0.15, 0.2) is 24.3 Å². The molecular formula is C8H14O. The van der Waals surface area contributed by atoms with E-state index in [4.69, 9.17) is 5.11 Å². The summed E-state index contributed by atoms with van der Waals surface area (Å²) in [7, 11) is 0. The molecular weight excluding hydrogens is 112 g/mol. The number of hydrogen-bond acceptors (Lipinski definition) is 1. The first-order valence-corrected chi connectivity index (χ1v) is 3.22. The van der Waals surface area contributed by atoms with Gasteiger partial charge in [0.2, 0.25) is 0 Å². The van der Waals surface area contributed by atoms with E-state index in [9.17, 15) is 0 Å². The van der Waals surface area contributed by atoms with Crippen molar-refractivity contribution >= 4 is 0 Å². The SMILES string of the molecule is C=C(/C=C\C)CCCO. The maximum absolute atomic E-state index is 8.42. The zero-order valence-corrected chi connectivity index (χ0v) is 5.93. The second-order valence-electron chi connectivity index (χ2n) is 1.99. The summed E-state index contributed by atoms with van der Waals surface area (Å²) in [5.74, 6) is 0. The largest absolute Gasteiger partial charge is 0.396 e. The Hall–Kier alpha value is -0.560. The summed E-state index contributed by atoms with van der Waals surface area (Å²) in [6.45, 7) is 6.01. The molecule has 0 rings (SSSR count). The molecule has 0 spiro atoms. The Bertz CT molecular complexity index is 103. The van der Waals surface area contributed by atoms with Gasteiger partial charge in [-0.2, -0.15) is 0 Å². The number of rotatable bonds is 4. The first-order chi connectivity index (χ1) is 4.31. The minimum absolute atomic E-state index is 0.260. The van der Waals surface area contributed by atoms with Crippen LogP contribution in [-0.4, -0.2) is 11.7 Å². The summed E-state index contributed by atoms with van der Waals surface area (Å²) in [4.78, 5) is 0. The molecule has 0 amide bonds. The van der Waals surface area contributed by atoms with Crippen molar-refractivity contribution in [3.8, 4) is 0 Å². The van der Waals surface area contributed by atoms with Crippen molar-refractivity contribution < 1.29 is 5.11 Å². The van der Waals surface area contributed by atoms with Crippen LogP contribution in [0.25, 0.3) is 0 Å². The van der Waals surface area contributed by atoms with E-state index >= 15 is 0 Å². The highest BCUT2D eigenvalue weighted by atomic mass is 16.2. The zero-order chi connectivity index (χ0) is 7.11. The highest BCUT2D eigenvalue weighted by Crippen LogP contribution is 2.01. The lowest BCUT2D eigenvalue weighted by atomic mass is 10.1. The molecule has 0 aromatic carbocycles. The summed E-state index contributed by atoms with van der Waals surface area (Å²) < 4.78 is 0. The van der Waals surface area contributed by atoms with Gasteiger partial charge < -0.3 is 5.11 Å². The van der Waals surface area contributed by atoms with Crippen LogP contribution in [0.4, 0.5) is 0 Å². The molecule has 1 N–H and O–H groups in total. The molecule has 0 aromatic rings. The molecule has 0 radical (unpaired) electrons. The van der Waals surface area contributed by atoms with E-state index in [1.54, 1.807) is 0 Å². The molecule has 0 aliphatic rings. The topological polar surface area (TPSA) is 20.2 Å². The van der Waals surface area contributed by atoms with E-state index in [1.807, 2.05) is 19.1 Å². The third-order valence-electron chi connectivity index (χ3n) is 1.06. The smallest absolute Gasteiger partial charge is 0.0434 e. The summed E-state index contributed by atoms with van der Waals surface area (Å²) in [5, 5.41) is 8.42. The Morgan fingerprint density at radius 3 is 2.78 bits per heavy atom. The van der Waals surface area contributed by atoms with Crippen LogP contribution in [0.1, 0.15) is 19.8 Å². The van der Waals surface area contributed by atoms with Gasteiger partial charge in [0.15, 0.2) is 0 Å². The van der Waals surface area contributed by atoms with Gasteiger partial charge >= 0.3 is 0 Å². The predicted octanol–water partition coefficient (Wildman–Crippen LogP) is 1.89. The molecule has 0 bridgehead atoms. The van der Waals surface area contributed by atoms with Gasteiger partial charge in [0.25, 0.3) is 0 Å². The summed E-state index contributed by atoms with van der Waals surface area (Å²) >= 11 is 0. The van der Waals surface area contributed by atoms with E-state index in [1.165, 1.54) is 0 Å². The molecule has 0 saturated carbocycles. The minimum atomic E-state index is 0.260. The monoisotopic (exact) mass is 126 g/mol. The molecule has 0 aromatic heterocycles. The Morgan fingerprint density at radius 1 is 1.67 bits per heavy atom. The van der Waals surface area contributed by atoms with Gasteiger partial charge in [0.05, 0.1) is 0 Å². The molecule has 0 heterocycles. The van der Waals surface area contributed by atoms with Crippen molar-refractivity contribution in [2.75, 3.05) is 6.61 Å². The van der Waals surface area contributed by atoms with Gasteiger partial charge in [-0.3, -0.25) is 0 Å². The van der Waals surface area contributed by atoms with Crippen LogP contribution in [0.5, 0.6) is 0 Å². The standard InChI is InChI=1S/C8H14O/c1-3-5-8(2)6-4-7-9/h3,5,9H,2,4,6-7H2,1H3/b5-3-. The van der Waals surface area contributed by atoms with Gasteiger partial charge in [-0.15, -0.1) is 0 Å². The fourth-order valence-electron chi connectivity index (χ4n) is 0.625. The highest BCUT2D eigenvalue weighted by molar-refractivity contribution is 5.12. The van der Waals surface area contributed by atoms with E-state index in [0.29, 0.717) is 0 Å². The lowest BCUT2D eigenvalue weighted by molar-refractivity contribution is 0.289. The fourth-order valence-corrected chi connectivity index (χ4v) is 0.625. The first kappa shape index (κ1) is 8.44. The second kappa shape index (κ2) is 5.57. The zero-order valence-electron chi connectivity index (χ0n) is 5.93. The van der Waals surface area contributed by atoms with Crippen LogP contribution >= 0.6 is 0 Å². The number of aliphatic hydroxyl groups is 1. The molecule has 0 unspecified atom stereocenters. The van der Waals surface area contributed by atoms with Crippen molar-refractivity contribution in [2.45, 2.75) is 19.8 Å². The molecule has 1 heteroatoms. The predicted molar refractivity (Wildman–Crippen MR) is 40.3 cm³/mol. The highest BCUT2D eigenvalue weighted by Gasteiger charge is 1.85. The van der Waals surface area contributed by atoms with Crippen LogP contribution in [0.3, 0.4) is 0 Å². The number of hydrogen-bond donors (Lipinski definition) is 1. The van der Waals surface area contributed by atoms with Crippen LogP contribution in [0, 0.1) is 0 Å². The van der Waals surface area contributed by atoms with Gasteiger partial charge in [0.1, 0.15) is 0 Å². The number of allylic oxidation sites excluding steroid dienone is 3. The molecule has 9 heavy (non-hydrogen) atoms. The van der Waals surface area contributed by atoms with Gasteiger partial charge in [-0.05, 0) is 19.8 Å². The average molecular weight is 126 g/mol. The first-order valence-electron chi connectivity index (χ1n) is 3.22. The molecule has 0 atom stereocenters. The fraction of sp³-hybridized carbons (Fsp3) is 0.500. The Balaban J connectivity index is 3.27. The van der Waals surface area contributed by atoms with E-state index < -0.39 is 0 Å². The molecule has 52 valence electrons. The Morgan fingerprint density at radius 2 is 2.33 bits per heavy atom. The van der Waals surface area contributed by atoms with Gasteiger partial charge in [-0.1, -0.05) is 24.3 Å². The van der Waals surface area contributed by atoms with Crippen molar-refractivity contribution in [2.24, 2.45) is 0 Å². The average Bonchev–Trinajstić information content (AvgIpc) is 1.85. The van der Waals surface area contributed by atoms with E-state index in [2.05, 4.69) is 6.58 Å². The van der Waals surface area contributed by atoms with Crippen LogP contribution < -0.4 is 0 Å². The lowest BCUT2D eigenvalue weighted by Crippen LogP contribution is -1.82. The normalized spacial score (nSPS) is 10.4. The third kappa shape index (κ3) is 5.31. The van der Waals surface area contributed by atoms with Gasteiger partial charge in [0, 0.05) is 6.61 Å². The maximum atomic E-state index is 8.42. The van der Waals surface area contributed by atoms with Gasteiger partial charge in [-0.25, -0.2) is 0 Å². The molecule has 0 saturated heterocycles. The summed E-state index contributed by atoms with van der Waals surface area (Å²) in [6.07, 6.45) is 5.65. The Labute approximate surface area is 56.7 Å².